The van der Waals surface area contributed by atoms with Crippen molar-refractivity contribution >= 4 is 33.3 Å². The second-order valence-corrected chi connectivity index (χ2v) is 8.39. The third-order valence-corrected chi connectivity index (χ3v) is 6.27. The van der Waals surface area contributed by atoms with E-state index in [2.05, 4.69) is 14.9 Å². The molecular weight excluding hydrogens is 428 g/mol. The summed E-state index contributed by atoms with van der Waals surface area (Å²) in [5.41, 5.74) is 4.46. The van der Waals surface area contributed by atoms with Gasteiger partial charge in [-0.3, -0.25) is 14.9 Å². The third kappa shape index (κ3) is 3.99. The molecular formula is C23H24N4O4S. The van der Waals surface area contributed by atoms with Crippen molar-refractivity contribution in [1.29, 1.82) is 0 Å². The lowest BCUT2D eigenvalue weighted by molar-refractivity contribution is -0.118. The van der Waals surface area contributed by atoms with E-state index in [-0.39, 0.29) is 23.7 Å². The lowest BCUT2D eigenvalue weighted by atomic mass is 10.1. The zero-order chi connectivity index (χ0) is 23.0. The van der Waals surface area contributed by atoms with E-state index < -0.39 is 0 Å². The predicted octanol–water partition coefficient (Wildman–Crippen LogP) is 3.64. The minimum absolute atomic E-state index is 0.133. The smallest absolute Gasteiger partial charge is 0.264 e. The number of aromatic nitrogens is 3. The van der Waals surface area contributed by atoms with Gasteiger partial charge < -0.3 is 18.6 Å². The molecule has 0 saturated carbocycles. The number of benzene rings is 1. The van der Waals surface area contributed by atoms with Crippen molar-refractivity contribution in [2.24, 2.45) is 14.1 Å². The topological polar surface area (TPSA) is 87.4 Å². The van der Waals surface area contributed by atoms with Gasteiger partial charge in [0.2, 0.25) is 5.43 Å². The summed E-state index contributed by atoms with van der Waals surface area (Å²) in [5, 5.41) is 6.15. The number of thiazole rings is 1. The molecule has 0 spiro atoms. The first-order valence-electron chi connectivity index (χ1n) is 9.97. The first-order chi connectivity index (χ1) is 15.3. The summed E-state index contributed by atoms with van der Waals surface area (Å²) >= 11 is 1.33. The Balaban J connectivity index is 1.52. The van der Waals surface area contributed by atoms with Crippen LogP contribution in [0, 0.1) is 13.8 Å². The highest BCUT2D eigenvalue weighted by Gasteiger charge is 2.18. The molecule has 0 aliphatic carbocycles. The maximum atomic E-state index is 12.4. The van der Waals surface area contributed by atoms with Gasteiger partial charge in [-0.15, -0.1) is 11.3 Å². The Morgan fingerprint density at radius 1 is 1.22 bits per heavy atom. The zero-order valence-electron chi connectivity index (χ0n) is 18.6. The molecule has 3 heterocycles. The summed E-state index contributed by atoms with van der Waals surface area (Å²) in [7, 11) is 5.46. The number of nitrogens with zero attached hydrogens (tertiary/aromatic N) is 3. The molecule has 0 aliphatic heterocycles. The number of ether oxygens (including phenoxy) is 2. The highest BCUT2D eigenvalue weighted by atomic mass is 32.1. The molecule has 0 atom stereocenters. The number of fused-ring (bicyclic) bond motifs is 1. The van der Waals surface area contributed by atoms with Gasteiger partial charge >= 0.3 is 0 Å². The predicted molar refractivity (Wildman–Crippen MR) is 126 cm³/mol. The number of hydrogen-bond acceptors (Lipinski definition) is 6. The zero-order valence-corrected chi connectivity index (χ0v) is 19.4. The maximum Gasteiger partial charge on any atom is 0.264 e. The molecule has 1 N–H and O–H groups in total. The standard InChI is InChI=1S/C23H24N4O4S/c1-13-8-19(28)20(10-26(13)3)31-11-21(29)25-23-24-17(12-32-23)22-14(2)27(4)18-7-6-15(30-5)9-16(18)22/h6-10,12H,11H2,1-5H3,(H,24,25,29). The Labute approximate surface area is 189 Å². The molecule has 1 aromatic carbocycles. The number of pyridine rings is 1. The number of rotatable bonds is 6. The molecule has 0 unspecified atom stereocenters. The van der Waals surface area contributed by atoms with Gasteiger partial charge in [0, 0.05) is 59.6 Å². The Kier molecular flexibility index (Phi) is 5.75. The van der Waals surface area contributed by atoms with Crippen molar-refractivity contribution in [3.63, 3.8) is 0 Å². The number of methoxy groups -OCH3 is 1. The Hall–Kier alpha value is -3.59. The van der Waals surface area contributed by atoms with Gasteiger partial charge in [0.05, 0.1) is 12.8 Å². The Morgan fingerprint density at radius 2 is 2.00 bits per heavy atom. The number of amides is 1. The summed E-state index contributed by atoms with van der Waals surface area (Å²) in [6.07, 6.45) is 1.57. The van der Waals surface area contributed by atoms with Crippen LogP contribution >= 0.6 is 11.3 Å². The fourth-order valence-corrected chi connectivity index (χ4v) is 4.28. The molecule has 3 aromatic heterocycles. The molecule has 32 heavy (non-hydrogen) atoms. The van der Waals surface area contributed by atoms with Crippen molar-refractivity contribution in [3.8, 4) is 22.8 Å². The van der Waals surface area contributed by atoms with Crippen molar-refractivity contribution in [2.45, 2.75) is 13.8 Å². The summed E-state index contributed by atoms with van der Waals surface area (Å²) in [6.45, 7) is 3.58. The van der Waals surface area contributed by atoms with Crippen molar-refractivity contribution < 1.29 is 14.3 Å². The van der Waals surface area contributed by atoms with E-state index in [4.69, 9.17) is 9.47 Å². The summed E-state index contributed by atoms with van der Waals surface area (Å²) in [5.74, 6) is 0.519. The number of nitrogens with one attached hydrogen (secondary N) is 1. The maximum absolute atomic E-state index is 12.4. The summed E-state index contributed by atoms with van der Waals surface area (Å²) in [4.78, 5) is 29.0. The van der Waals surface area contributed by atoms with E-state index in [0.717, 1.165) is 39.3 Å². The number of carbonyl (C=O) groups excluding carboxylic acids is 1. The van der Waals surface area contributed by atoms with Gasteiger partial charge in [-0.1, -0.05) is 0 Å². The molecule has 0 fully saturated rings. The minimum Gasteiger partial charge on any atom is -0.497 e. The largest absolute Gasteiger partial charge is 0.497 e. The molecule has 166 valence electrons. The third-order valence-electron chi connectivity index (χ3n) is 5.51. The average Bonchev–Trinajstić information content (AvgIpc) is 3.31. The summed E-state index contributed by atoms with van der Waals surface area (Å²) < 4.78 is 14.7. The lowest BCUT2D eigenvalue weighted by Crippen LogP contribution is -2.22. The second-order valence-electron chi connectivity index (χ2n) is 7.53. The van der Waals surface area contributed by atoms with Gasteiger partial charge in [-0.2, -0.15) is 0 Å². The van der Waals surface area contributed by atoms with Crippen LogP contribution in [-0.4, -0.2) is 33.7 Å². The Morgan fingerprint density at radius 3 is 2.75 bits per heavy atom. The molecule has 0 bridgehead atoms. The average molecular weight is 453 g/mol. The van der Waals surface area contributed by atoms with Crippen molar-refractivity contribution in [2.75, 3.05) is 19.0 Å². The van der Waals surface area contributed by atoms with Crippen LogP contribution in [0.4, 0.5) is 5.13 Å². The van der Waals surface area contributed by atoms with Crippen LogP contribution in [0.3, 0.4) is 0 Å². The van der Waals surface area contributed by atoms with E-state index in [1.807, 2.05) is 51.5 Å². The van der Waals surface area contributed by atoms with Crippen LogP contribution in [0.5, 0.6) is 11.5 Å². The second kappa shape index (κ2) is 8.51. The monoisotopic (exact) mass is 452 g/mol. The van der Waals surface area contributed by atoms with Crippen LogP contribution in [0.25, 0.3) is 22.2 Å². The molecule has 0 aliphatic rings. The van der Waals surface area contributed by atoms with E-state index in [0.29, 0.717) is 5.13 Å². The van der Waals surface area contributed by atoms with Gasteiger partial charge in [0.25, 0.3) is 5.91 Å². The molecule has 8 nitrogen and oxygen atoms in total. The lowest BCUT2D eigenvalue weighted by Gasteiger charge is -2.08. The van der Waals surface area contributed by atoms with Crippen LogP contribution in [0.15, 0.2) is 40.6 Å². The van der Waals surface area contributed by atoms with Crippen LogP contribution < -0.4 is 20.2 Å². The molecule has 0 saturated heterocycles. The van der Waals surface area contributed by atoms with Gasteiger partial charge in [0.15, 0.2) is 17.5 Å². The first-order valence-corrected chi connectivity index (χ1v) is 10.8. The minimum atomic E-state index is -0.384. The molecule has 9 heteroatoms. The molecule has 0 radical (unpaired) electrons. The molecule has 1 amide bonds. The molecule has 4 aromatic rings. The number of aryl methyl sites for hydroxylation is 3. The fraction of sp³-hybridized carbons (Fsp3) is 0.261. The highest BCUT2D eigenvalue weighted by molar-refractivity contribution is 7.14. The van der Waals surface area contributed by atoms with E-state index >= 15 is 0 Å². The number of carbonyl (C=O) groups is 1. The Bertz CT molecular complexity index is 1380. The van der Waals surface area contributed by atoms with Crippen LogP contribution in [0.2, 0.25) is 0 Å². The van der Waals surface area contributed by atoms with Crippen molar-refractivity contribution in [1.82, 2.24) is 14.1 Å². The normalized spacial score (nSPS) is 11.0. The van der Waals surface area contributed by atoms with Crippen molar-refractivity contribution in [3.05, 3.63) is 57.5 Å². The van der Waals surface area contributed by atoms with Crippen LogP contribution in [-0.2, 0) is 18.9 Å². The molecule has 4 rings (SSSR count). The van der Waals surface area contributed by atoms with Crippen LogP contribution in [0.1, 0.15) is 11.4 Å². The summed E-state index contributed by atoms with van der Waals surface area (Å²) in [6, 6.07) is 7.42. The van der Waals surface area contributed by atoms with Gasteiger partial charge in [-0.05, 0) is 32.0 Å². The highest BCUT2D eigenvalue weighted by Crippen LogP contribution is 2.37. The van der Waals surface area contributed by atoms with E-state index in [9.17, 15) is 9.59 Å². The number of hydrogen-bond donors (Lipinski definition) is 1. The quantitative estimate of drug-likeness (QED) is 0.483. The SMILES string of the molecule is COc1ccc2c(c1)c(-c1csc(NC(=O)COc3cn(C)c(C)cc3=O)n1)c(C)n2C. The number of anilines is 1. The van der Waals surface area contributed by atoms with Gasteiger partial charge in [0.1, 0.15) is 5.75 Å². The van der Waals surface area contributed by atoms with E-state index in [1.54, 1.807) is 17.9 Å². The van der Waals surface area contributed by atoms with Gasteiger partial charge in [-0.25, -0.2) is 4.98 Å². The first kappa shape index (κ1) is 21.6. The van der Waals surface area contributed by atoms with E-state index in [1.165, 1.54) is 17.4 Å². The fourth-order valence-electron chi connectivity index (χ4n) is 3.56.